The molecule has 1 atom stereocenters. The fourth-order valence-electron chi connectivity index (χ4n) is 0.988. The number of rotatable bonds is 3. The number of nitrogens with two attached hydrogens (primary N) is 1. The largest absolute Gasteiger partial charge is 0.480 e. The SMILES string of the molecule is N[C@H](Cc1ccccc1[18F])C(=O)O. The van der Waals surface area contributed by atoms with Crippen molar-refractivity contribution in [1.82, 2.24) is 0 Å². The lowest BCUT2D eigenvalue weighted by molar-refractivity contribution is -0.138. The molecule has 0 amide bonds. The second-order valence-electron chi connectivity index (χ2n) is 2.74. The van der Waals surface area contributed by atoms with Gasteiger partial charge in [0.25, 0.3) is 0 Å². The van der Waals surface area contributed by atoms with Gasteiger partial charge in [0, 0.05) is 6.42 Å². The van der Waals surface area contributed by atoms with Crippen molar-refractivity contribution in [2.75, 3.05) is 0 Å². The van der Waals surface area contributed by atoms with Crippen LogP contribution in [-0.2, 0) is 11.2 Å². The smallest absolute Gasteiger partial charge is 0.320 e. The Kier molecular flexibility index (Phi) is 2.97. The van der Waals surface area contributed by atoms with Crippen LogP contribution >= 0.6 is 0 Å². The Morgan fingerprint density at radius 2 is 2.15 bits per heavy atom. The Hall–Kier alpha value is -1.42. The number of hydrogen-bond donors (Lipinski definition) is 2. The Bertz CT molecular complexity index is 314. The summed E-state index contributed by atoms with van der Waals surface area (Å²) in [6.45, 7) is 0. The van der Waals surface area contributed by atoms with Gasteiger partial charge in [-0.25, -0.2) is 4.39 Å². The minimum absolute atomic E-state index is 0.0159. The van der Waals surface area contributed by atoms with Crippen LogP contribution in [0.25, 0.3) is 0 Å². The van der Waals surface area contributed by atoms with Gasteiger partial charge in [0.1, 0.15) is 11.9 Å². The van der Waals surface area contributed by atoms with Crippen LogP contribution in [0.4, 0.5) is 4.39 Å². The summed E-state index contributed by atoms with van der Waals surface area (Å²) in [4.78, 5) is 10.4. The molecule has 0 spiro atoms. The van der Waals surface area contributed by atoms with Crippen LogP contribution in [0.3, 0.4) is 0 Å². The predicted octanol–water partition coefficient (Wildman–Crippen LogP) is 0.780. The number of carboxylic acids is 1. The molecule has 0 aliphatic heterocycles. The van der Waals surface area contributed by atoms with Crippen molar-refractivity contribution in [1.29, 1.82) is 0 Å². The maximum Gasteiger partial charge on any atom is 0.320 e. The van der Waals surface area contributed by atoms with E-state index in [0.717, 1.165) is 0 Å². The number of carbonyl (C=O) groups is 1. The van der Waals surface area contributed by atoms with E-state index < -0.39 is 17.8 Å². The van der Waals surface area contributed by atoms with Gasteiger partial charge in [0.05, 0.1) is 0 Å². The molecule has 0 unspecified atom stereocenters. The van der Waals surface area contributed by atoms with E-state index in [4.69, 9.17) is 10.8 Å². The molecule has 0 heterocycles. The van der Waals surface area contributed by atoms with E-state index >= 15 is 0 Å². The number of hydrogen-bond acceptors (Lipinski definition) is 2. The number of benzene rings is 1. The van der Waals surface area contributed by atoms with E-state index in [1.807, 2.05) is 0 Å². The first-order valence-electron chi connectivity index (χ1n) is 3.83. The van der Waals surface area contributed by atoms with Crippen molar-refractivity contribution in [2.45, 2.75) is 12.5 Å². The van der Waals surface area contributed by atoms with Crippen molar-refractivity contribution in [2.24, 2.45) is 5.73 Å². The van der Waals surface area contributed by atoms with Gasteiger partial charge in [0.15, 0.2) is 0 Å². The summed E-state index contributed by atoms with van der Waals surface area (Å²) in [7, 11) is 0. The number of carboxylic acid groups (broad SMARTS) is 1. The highest BCUT2D eigenvalue weighted by Gasteiger charge is 2.13. The highest BCUT2D eigenvalue weighted by Crippen LogP contribution is 2.08. The van der Waals surface area contributed by atoms with Gasteiger partial charge in [-0.1, -0.05) is 18.2 Å². The highest BCUT2D eigenvalue weighted by molar-refractivity contribution is 5.73. The summed E-state index contributed by atoms with van der Waals surface area (Å²) in [5.41, 5.74) is 5.58. The van der Waals surface area contributed by atoms with Crippen molar-refractivity contribution in [3.05, 3.63) is 35.6 Å². The van der Waals surface area contributed by atoms with Crippen molar-refractivity contribution in [3.8, 4) is 0 Å². The molecular weight excluding hydrogens is 172 g/mol. The van der Waals surface area contributed by atoms with E-state index in [1.54, 1.807) is 12.1 Å². The summed E-state index contributed by atoms with van der Waals surface area (Å²) in [5, 5.41) is 8.49. The summed E-state index contributed by atoms with van der Waals surface area (Å²) in [5.74, 6) is -1.54. The van der Waals surface area contributed by atoms with E-state index in [-0.39, 0.29) is 6.42 Å². The Morgan fingerprint density at radius 3 is 2.69 bits per heavy atom. The second-order valence-corrected chi connectivity index (χ2v) is 2.74. The van der Waals surface area contributed by atoms with Gasteiger partial charge >= 0.3 is 5.97 Å². The third kappa shape index (κ3) is 2.52. The van der Waals surface area contributed by atoms with E-state index in [1.165, 1.54) is 12.1 Å². The van der Waals surface area contributed by atoms with Crippen molar-refractivity contribution in [3.63, 3.8) is 0 Å². The zero-order valence-corrected chi connectivity index (χ0v) is 6.90. The van der Waals surface area contributed by atoms with Gasteiger partial charge < -0.3 is 10.8 Å². The van der Waals surface area contributed by atoms with Crippen LogP contribution in [0.5, 0.6) is 0 Å². The fraction of sp³-hybridized carbons (Fsp3) is 0.222. The van der Waals surface area contributed by atoms with Crippen LogP contribution in [-0.4, -0.2) is 17.1 Å². The van der Waals surface area contributed by atoms with Crippen LogP contribution in [0.1, 0.15) is 5.56 Å². The van der Waals surface area contributed by atoms with Gasteiger partial charge in [0.2, 0.25) is 0 Å². The molecule has 0 fully saturated rings. The molecular formula is C9H10FNO2. The van der Waals surface area contributed by atoms with Gasteiger partial charge in [-0.2, -0.15) is 0 Å². The van der Waals surface area contributed by atoms with Crippen LogP contribution in [0, 0.1) is 5.82 Å². The molecule has 0 saturated carbocycles. The summed E-state index contributed by atoms with van der Waals surface area (Å²) < 4.78 is 13.0. The maximum absolute atomic E-state index is 13.0. The van der Waals surface area contributed by atoms with E-state index in [2.05, 4.69) is 0 Å². The molecule has 1 rings (SSSR count). The molecule has 0 saturated heterocycles. The number of halogens is 1. The first-order chi connectivity index (χ1) is 6.11. The lowest BCUT2D eigenvalue weighted by atomic mass is 10.1. The average molecular weight is 182 g/mol. The van der Waals surface area contributed by atoms with Crippen LogP contribution in [0.15, 0.2) is 24.3 Å². The van der Waals surface area contributed by atoms with E-state index in [9.17, 15) is 9.18 Å². The third-order valence-corrected chi connectivity index (χ3v) is 1.71. The lowest BCUT2D eigenvalue weighted by Gasteiger charge is -2.06. The van der Waals surface area contributed by atoms with Gasteiger partial charge in [-0.3, -0.25) is 4.79 Å². The average Bonchev–Trinajstić information content (AvgIpc) is 2.08. The first-order valence-corrected chi connectivity index (χ1v) is 3.83. The molecule has 13 heavy (non-hydrogen) atoms. The molecule has 0 aromatic heterocycles. The molecule has 0 radical (unpaired) electrons. The Balaban J connectivity index is 2.74. The van der Waals surface area contributed by atoms with E-state index in [0.29, 0.717) is 5.56 Å². The lowest BCUT2D eigenvalue weighted by Crippen LogP contribution is -2.32. The highest BCUT2D eigenvalue weighted by atomic mass is 18.2. The maximum atomic E-state index is 13.0. The van der Waals surface area contributed by atoms with Crippen molar-refractivity contribution >= 4 is 5.97 Å². The molecule has 3 N–H and O–H groups in total. The summed E-state index contributed by atoms with van der Waals surface area (Å²) in [6.07, 6.45) is 0.0159. The minimum atomic E-state index is -1.12. The molecule has 0 aliphatic rings. The minimum Gasteiger partial charge on any atom is -0.480 e. The molecule has 1 aromatic rings. The summed E-state index contributed by atoms with van der Waals surface area (Å²) in [6, 6.07) is 4.96. The monoisotopic (exact) mass is 182 g/mol. The Morgan fingerprint density at radius 1 is 1.54 bits per heavy atom. The van der Waals surface area contributed by atoms with Crippen LogP contribution < -0.4 is 5.73 Å². The normalized spacial score (nSPS) is 12.5. The fourth-order valence-corrected chi connectivity index (χ4v) is 0.988. The molecule has 70 valence electrons. The van der Waals surface area contributed by atoms with Crippen LogP contribution in [0.2, 0.25) is 0 Å². The standard InChI is InChI=1S/C9H10FNO2/c10-7-4-2-1-3-6(7)5-8(11)9(12)13/h1-4,8H,5,11H2,(H,12,13)/t8-/m1/s1/i10-1. The second kappa shape index (κ2) is 4.00. The van der Waals surface area contributed by atoms with Gasteiger partial charge in [-0.15, -0.1) is 0 Å². The zero-order valence-electron chi connectivity index (χ0n) is 6.90. The molecule has 0 aliphatic carbocycles. The zero-order chi connectivity index (χ0) is 9.84. The molecule has 0 bridgehead atoms. The molecule has 3 nitrogen and oxygen atoms in total. The molecule has 4 heteroatoms. The van der Waals surface area contributed by atoms with Gasteiger partial charge in [-0.05, 0) is 11.6 Å². The van der Waals surface area contributed by atoms with Crippen molar-refractivity contribution < 1.29 is 14.3 Å². The summed E-state index contributed by atoms with van der Waals surface area (Å²) >= 11 is 0. The third-order valence-electron chi connectivity index (χ3n) is 1.71. The Labute approximate surface area is 75.0 Å². The quantitative estimate of drug-likeness (QED) is 0.726. The predicted molar refractivity (Wildman–Crippen MR) is 45.7 cm³/mol. The topological polar surface area (TPSA) is 63.3 Å². The first kappa shape index (κ1) is 9.67. The molecule has 1 aromatic carbocycles. The number of aliphatic carboxylic acids is 1.